The highest BCUT2D eigenvalue weighted by molar-refractivity contribution is 7.93. The molecule has 4 aliphatic heterocycles. The van der Waals surface area contributed by atoms with E-state index in [1.165, 1.54) is 19.1 Å². The molecule has 10 rings (SSSR count). The predicted octanol–water partition coefficient (Wildman–Crippen LogP) is 9.06. The maximum atomic E-state index is 13.7. The van der Waals surface area contributed by atoms with Gasteiger partial charge in [0.2, 0.25) is 23.6 Å². The third-order valence-corrected chi connectivity index (χ3v) is 17.1. The van der Waals surface area contributed by atoms with Gasteiger partial charge >= 0.3 is 0 Å². The maximum absolute atomic E-state index is 13.7. The summed E-state index contributed by atoms with van der Waals surface area (Å²) < 4.78 is 10.2. The molecule has 6 heterocycles. The first-order valence-electron chi connectivity index (χ1n) is 26.5. The van der Waals surface area contributed by atoms with Gasteiger partial charge in [0.1, 0.15) is 35.6 Å². The Morgan fingerprint density at radius 1 is 0.680 bits per heavy atom. The minimum atomic E-state index is -0.780. The lowest BCUT2D eigenvalue weighted by Crippen LogP contribution is -2.49. The van der Waals surface area contributed by atoms with Crippen LogP contribution in [-0.2, 0) is 19.2 Å². The van der Waals surface area contributed by atoms with Crippen molar-refractivity contribution in [3.8, 4) is 12.1 Å². The first-order chi connectivity index (χ1) is 36.2. The van der Waals surface area contributed by atoms with Crippen LogP contribution in [0.4, 0.5) is 3.89 Å². The Kier molecular flexibility index (Phi) is 18.4. The summed E-state index contributed by atoms with van der Waals surface area (Å²) in [5, 5.41) is 33.6. The Bertz CT molecular complexity index is 2650. The smallest absolute Gasteiger partial charge is 0.271 e. The Morgan fingerprint density at radius 3 is 1.41 bits per heavy atom. The fourth-order valence-corrected chi connectivity index (χ4v) is 13.1. The third kappa shape index (κ3) is 12.9. The second-order valence-corrected chi connectivity index (χ2v) is 22.6. The largest absolute Gasteiger partial charge is 0.356 e. The summed E-state index contributed by atoms with van der Waals surface area (Å²) in [6.07, 6.45) is 16.9. The number of H-pyrrole nitrogens is 2. The molecule has 2 aromatic carbocycles. The number of carbonyl (C=O) groups is 6. The van der Waals surface area contributed by atoms with Gasteiger partial charge in [-0.15, -0.1) is 0 Å². The zero-order valence-corrected chi connectivity index (χ0v) is 44.7. The van der Waals surface area contributed by atoms with Gasteiger partial charge in [0.15, 0.2) is 0 Å². The van der Waals surface area contributed by atoms with Gasteiger partial charge < -0.3 is 41.0 Å². The van der Waals surface area contributed by atoms with Gasteiger partial charge in [-0.1, -0.05) is 86.0 Å². The number of nitriles is 2. The van der Waals surface area contributed by atoms with Crippen molar-refractivity contribution in [2.24, 2.45) is 22.7 Å². The van der Waals surface area contributed by atoms with Crippen molar-refractivity contribution in [2.45, 2.75) is 140 Å². The van der Waals surface area contributed by atoms with Crippen molar-refractivity contribution < 1.29 is 32.7 Å². The number of benzene rings is 2. The quantitative estimate of drug-likeness (QED) is 0.0887. The van der Waals surface area contributed by atoms with Gasteiger partial charge in [0, 0.05) is 67.2 Å². The second kappa shape index (κ2) is 24.9. The van der Waals surface area contributed by atoms with E-state index in [4.69, 9.17) is 23.2 Å². The molecule has 6 atom stereocenters. The highest BCUT2D eigenvalue weighted by Crippen LogP contribution is 2.48. The number of hydrogen-bond acceptors (Lipinski definition) is 9. The number of amides is 6. The van der Waals surface area contributed by atoms with E-state index in [1.807, 2.05) is 24.3 Å². The van der Waals surface area contributed by atoms with Gasteiger partial charge in [-0.25, -0.2) is 0 Å². The molecule has 4 saturated heterocycles. The molecule has 4 aromatic rings. The van der Waals surface area contributed by atoms with Gasteiger partial charge in [0.25, 0.3) is 11.8 Å². The van der Waals surface area contributed by atoms with Crippen LogP contribution < -0.4 is 21.3 Å². The number of fused-ring (bicyclic) bond motifs is 2. The fourth-order valence-electron chi connectivity index (χ4n) is 12.6. The summed E-state index contributed by atoms with van der Waals surface area (Å²) in [5.74, 6) is -1.80. The molecule has 75 heavy (non-hydrogen) atoms. The van der Waals surface area contributed by atoms with Gasteiger partial charge in [-0.3, -0.25) is 28.8 Å². The maximum Gasteiger partial charge on any atom is 0.271 e. The van der Waals surface area contributed by atoms with Crippen LogP contribution in [0.5, 0.6) is 0 Å². The number of piperidine rings is 2. The molecule has 2 aliphatic carbocycles. The Labute approximate surface area is 451 Å². The van der Waals surface area contributed by atoms with Crippen LogP contribution in [0.15, 0.2) is 48.5 Å². The molecular formula is C55H67Cl2FN10O6S. The van der Waals surface area contributed by atoms with Crippen molar-refractivity contribution >= 4 is 92.6 Å². The van der Waals surface area contributed by atoms with E-state index in [0.29, 0.717) is 84.3 Å². The molecule has 0 bridgehead atoms. The zero-order valence-electron chi connectivity index (χ0n) is 42.4. The first kappa shape index (κ1) is 55.4. The molecule has 20 heteroatoms. The minimum absolute atomic E-state index is 0.0629. The van der Waals surface area contributed by atoms with E-state index in [2.05, 4.69) is 43.4 Å². The van der Waals surface area contributed by atoms with Crippen molar-refractivity contribution in [1.82, 2.24) is 41.0 Å². The van der Waals surface area contributed by atoms with Crippen molar-refractivity contribution in [3.05, 3.63) is 70.0 Å². The molecule has 6 N–H and O–H groups in total. The molecule has 6 fully saturated rings. The highest BCUT2D eigenvalue weighted by atomic mass is 35.5. The minimum Gasteiger partial charge on any atom is -0.356 e. The lowest BCUT2D eigenvalue weighted by molar-refractivity contribution is -0.128. The number of nitrogens with one attached hydrogen (secondary N) is 6. The molecule has 2 saturated carbocycles. The Morgan fingerprint density at radius 2 is 1.07 bits per heavy atom. The van der Waals surface area contributed by atoms with E-state index in [1.54, 1.807) is 34.1 Å². The van der Waals surface area contributed by atoms with Gasteiger partial charge in [0.05, 0.1) is 33.2 Å². The van der Waals surface area contributed by atoms with Crippen LogP contribution in [-0.4, -0.2) is 112 Å². The monoisotopic (exact) mass is 1080 g/mol. The molecular weight excluding hydrogens is 1020 g/mol. The molecule has 2 spiro atoms. The number of hydrogen-bond donors (Lipinski definition) is 6. The molecule has 6 amide bonds. The van der Waals surface area contributed by atoms with E-state index in [0.717, 1.165) is 75.0 Å². The molecule has 0 radical (unpaired) electrons. The van der Waals surface area contributed by atoms with Crippen LogP contribution in [0, 0.1) is 45.3 Å². The van der Waals surface area contributed by atoms with E-state index < -0.39 is 24.2 Å². The summed E-state index contributed by atoms with van der Waals surface area (Å²) in [6.45, 7) is 2.35. The number of halogens is 3. The standard InChI is InChI=1S/2C27H32ClN5O3.CH3FS/c2*28-20-8-4-6-17-13-21(32-23(17)20)26(36)33-16-27(9-2-1-3-10-27)14-22(33)25(35)31-19(15-29)12-18-7-5-11-30-24(18)34;1-3-2/h2*4,6,8,13,18-19,22,32H,1-3,5,7,9-12,14,16H2,(H,30,34)(H,31,35);1H3/t2*18-,19-,22?;/m00./s1. The van der Waals surface area contributed by atoms with Crippen LogP contribution in [0.1, 0.15) is 137 Å². The number of rotatable bonds is 10. The van der Waals surface area contributed by atoms with Crippen LogP contribution >= 0.6 is 35.3 Å². The highest BCUT2D eigenvalue weighted by Gasteiger charge is 2.51. The zero-order chi connectivity index (χ0) is 53.3. The van der Waals surface area contributed by atoms with Gasteiger partial charge in [-0.05, 0) is 112 Å². The predicted molar refractivity (Wildman–Crippen MR) is 287 cm³/mol. The number of para-hydroxylation sites is 2. The van der Waals surface area contributed by atoms with Crippen molar-refractivity contribution in [3.63, 3.8) is 0 Å². The second-order valence-electron chi connectivity index (χ2n) is 21.5. The molecule has 2 aromatic heterocycles. The van der Waals surface area contributed by atoms with Crippen LogP contribution in [0.25, 0.3) is 21.8 Å². The fraction of sp³-hybridized carbons (Fsp3) is 0.564. The van der Waals surface area contributed by atoms with E-state index >= 15 is 0 Å². The summed E-state index contributed by atoms with van der Waals surface area (Å²) >= 11 is 12.9. The number of nitrogens with zero attached hydrogens (tertiary/aromatic N) is 4. The lowest BCUT2D eigenvalue weighted by atomic mass is 9.72. The summed E-state index contributed by atoms with van der Waals surface area (Å²) in [7, 11) is 0. The average Bonchev–Trinajstić information content (AvgIpc) is 4.22. The lowest BCUT2D eigenvalue weighted by Gasteiger charge is -2.32. The average molecular weight is 1090 g/mol. The number of carbonyl (C=O) groups excluding carboxylic acids is 6. The number of likely N-dealkylation sites (tertiary alicyclic amines) is 2. The Hall–Kier alpha value is -5.82. The van der Waals surface area contributed by atoms with E-state index in [-0.39, 0.29) is 83.1 Å². The first-order valence-corrected chi connectivity index (χ1v) is 28.3. The summed E-state index contributed by atoms with van der Waals surface area (Å²) in [5.41, 5.74) is 2.05. The van der Waals surface area contributed by atoms with Crippen molar-refractivity contribution in [2.75, 3.05) is 32.4 Å². The normalized spacial score (nSPS) is 23.6. The third-order valence-electron chi connectivity index (χ3n) is 16.4. The summed E-state index contributed by atoms with van der Waals surface area (Å²) in [4.78, 5) is 88.6. The molecule has 6 aliphatic rings. The topological polar surface area (TPSA) is 236 Å². The molecule has 400 valence electrons. The SMILES string of the molecule is CSF.N#C[C@H](C[C@@H]1CCCNC1=O)NC(=O)C1CC2(CCCCC2)CN1C(=O)c1cc2cccc(Cl)c2[nH]1.N#C[C@H](C[C@@H]1CCCNC1=O)NC(=O)C1CC2(CCCCC2)CN1C(=O)c1cc2cccc(Cl)c2[nH]1. The summed E-state index contributed by atoms with van der Waals surface area (Å²) in [6, 6.07) is 16.0. The Balaban J connectivity index is 0.000000189. The molecule has 16 nitrogen and oxygen atoms in total. The van der Waals surface area contributed by atoms with Crippen LogP contribution in [0.2, 0.25) is 10.0 Å². The molecule has 2 unspecified atom stereocenters. The van der Waals surface area contributed by atoms with E-state index in [9.17, 15) is 43.2 Å². The number of aromatic amines is 2. The number of aromatic nitrogens is 2. The van der Waals surface area contributed by atoms with Crippen molar-refractivity contribution in [1.29, 1.82) is 10.5 Å². The van der Waals surface area contributed by atoms with Crippen LogP contribution in [0.3, 0.4) is 0 Å². The van der Waals surface area contributed by atoms with Gasteiger partial charge in [-0.2, -0.15) is 14.4 Å².